The Bertz CT molecular complexity index is 429. The Labute approximate surface area is 110 Å². The van der Waals surface area contributed by atoms with Crippen molar-refractivity contribution in [1.29, 1.82) is 0 Å². The Morgan fingerprint density at radius 2 is 2.22 bits per heavy atom. The van der Waals surface area contributed by atoms with Gasteiger partial charge in [-0.1, -0.05) is 31.2 Å². The zero-order chi connectivity index (χ0) is 12.6. The Morgan fingerprint density at radius 1 is 1.39 bits per heavy atom. The highest BCUT2D eigenvalue weighted by Crippen LogP contribution is 2.37. The van der Waals surface area contributed by atoms with E-state index < -0.39 is 0 Å². The van der Waals surface area contributed by atoms with Crippen LogP contribution < -0.4 is 5.32 Å². The summed E-state index contributed by atoms with van der Waals surface area (Å²) < 4.78 is 0. The highest BCUT2D eigenvalue weighted by atomic mass is 15.3. The molecule has 2 unspecified atom stereocenters. The molecule has 3 rings (SSSR count). The maximum atomic E-state index is 3.54. The van der Waals surface area contributed by atoms with Crippen LogP contribution in [0.4, 0.5) is 0 Å². The molecule has 1 heterocycles. The van der Waals surface area contributed by atoms with Crippen LogP contribution in [0.25, 0.3) is 0 Å². The van der Waals surface area contributed by atoms with Crippen molar-refractivity contribution in [3.63, 3.8) is 0 Å². The van der Waals surface area contributed by atoms with E-state index in [0.29, 0.717) is 5.54 Å². The fraction of sp³-hybridized carbons (Fsp3) is 0.625. The third kappa shape index (κ3) is 1.98. The van der Waals surface area contributed by atoms with Crippen LogP contribution in [0.15, 0.2) is 24.3 Å². The van der Waals surface area contributed by atoms with Gasteiger partial charge in [-0.2, -0.15) is 0 Å². The van der Waals surface area contributed by atoms with Gasteiger partial charge >= 0.3 is 0 Å². The molecule has 2 heteroatoms. The molecule has 2 aliphatic rings. The second-order valence-electron chi connectivity index (χ2n) is 6.07. The van der Waals surface area contributed by atoms with Crippen molar-refractivity contribution in [2.75, 3.05) is 26.2 Å². The van der Waals surface area contributed by atoms with E-state index in [9.17, 15) is 0 Å². The highest BCUT2D eigenvalue weighted by Gasteiger charge is 2.36. The summed E-state index contributed by atoms with van der Waals surface area (Å²) >= 11 is 0. The number of hydrogen-bond donors (Lipinski definition) is 1. The molecule has 1 aliphatic heterocycles. The van der Waals surface area contributed by atoms with Crippen LogP contribution in [0.3, 0.4) is 0 Å². The van der Waals surface area contributed by atoms with Gasteiger partial charge in [-0.05, 0) is 30.9 Å². The van der Waals surface area contributed by atoms with E-state index >= 15 is 0 Å². The summed E-state index contributed by atoms with van der Waals surface area (Å²) in [6.45, 7) is 9.44. The lowest BCUT2D eigenvalue weighted by Crippen LogP contribution is -2.60. The predicted molar refractivity (Wildman–Crippen MR) is 76.0 cm³/mol. The normalized spacial score (nSPS) is 31.8. The zero-order valence-electron chi connectivity index (χ0n) is 11.6. The Kier molecular flexibility index (Phi) is 3.16. The molecular formula is C16H24N2. The van der Waals surface area contributed by atoms with Crippen LogP contribution in [0.2, 0.25) is 0 Å². The SMILES string of the molecule is CCC1(C)CNCCN1CC1Cc2ccccc21. The first-order valence-electron chi connectivity index (χ1n) is 7.26. The van der Waals surface area contributed by atoms with Gasteiger partial charge in [0.1, 0.15) is 0 Å². The van der Waals surface area contributed by atoms with E-state index in [1.807, 2.05) is 0 Å². The Morgan fingerprint density at radius 3 is 3.00 bits per heavy atom. The van der Waals surface area contributed by atoms with Crippen LogP contribution in [-0.2, 0) is 6.42 Å². The molecule has 0 saturated carbocycles. The molecule has 1 aliphatic carbocycles. The van der Waals surface area contributed by atoms with Gasteiger partial charge in [-0.15, -0.1) is 0 Å². The van der Waals surface area contributed by atoms with E-state index in [0.717, 1.165) is 19.0 Å². The molecule has 1 N–H and O–H groups in total. The van der Waals surface area contributed by atoms with Gasteiger partial charge in [0, 0.05) is 37.6 Å². The fourth-order valence-corrected chi connectivity index (χ4v) is 3.41. The molecule has 0 radical (unpaired) electrons. The van der Waals surface area contributed by atoms with Gasteiger partial charge in [0.15, 0.2) is 0 Å². The second-order valence-corrected chi connectivity index (χ2v) is 6.07. The monoisotopic (exact) mass is 244 g/mol. The number of benzene rings is 1. The van der Waals surface area contributed by atoms with Gasteiger partial charge in [0.05, 0.1) is 0 Å². The van der Waals surface area contributed by atoms with Crippen molar-refractivity contribution in [2.24, 2.45) is 0 Å². The lowest BCUT2D eigenvalue weighted by atomic mass is 9.76. The van der Waals surface area contributed by atoms with Crippen LogP contribution in [0, 0.1) is 0 Å². The number of fused-ring (bicyclic) bond motifs is 1. The quantitative estimate of drug-likeness (QED) is 0.878. The summed E-state index contributed by atoms with van der Waals surface area (Å²) in [5.41, 5.74) is 3.51. The second kappa shape index (κ2) is 4.67. The van der Waals surface area contributed by atoms with Gasteiger partial charge in [-0.3, -0.25) is 4.90 Å². The van der Waals surface area contributed by atoms with Crippen LogP contribution in [0.1, 0.15) is 37.3 Å². The topological polar surface area (TPSA) is 15.3 Å². The smallest absolute Gasteiger partial charge is 0.0303 e. The molecule has 1 aromatic carbocycles. The van der Waals surface area contributed by atoms with E-state index in [1.54, 1.807) is 11.1 Å². The van der Waals surface area contributed by atoms with E-state index in [-0.39, 0.29) is 0 Å². The molecule has 0 amide bonds. The van der Waals surface area contributed by atoms with Gasteiger partial charge in [-0.25, -0.2) is 0 Å². The molecule has 2 nitrogen and oxygen atoms in total. The Hall–Kier alpha value is -0.860. The highest BCUT2D eigenvalue weighted by molar-refractivity contribution is 5.40. The van der Waals surface area contributed by atoms with Crippen molar-refractivity contribution in [1.82, 2.24) is 10.2 Å². The number of nitrogens with zero attached hydrogens (tertiary/aromatic N) is 1. The first kappa shape index (κ1) is 12.2. The predicted octanol–water partition coefficient (Wildman–Crippen LogP) is 2.40. The van der Waals surface area contributed by atoms with Gasteiger partial charge in [0.2, 0.25) is 0 Å². The van der Waals surface area contributed by atoms with Crippen molar-refractivity contribution in [2.45, 2.75) is 38.1 Å². The first-order chi connectivity index (χ1) is 8.73. The number of hydrogen-bond acceptors (Lipinski definition) is 2. The molecule has 98 valence electrons. The summed E-state index contributed by atoms with van der Waals surface area (Å²) in [5, 5.41) is 3.54. The third-order valence-corrected chi connectivity index (χ3v) is 4.99. The van der Waals surface area contributed by atoms with Gasteiger partial charge < -0.3 is 5.32 Å². The average Bonchev–Trinajstić information content (AvgIpc) is 2.38. The van der Waals surface area contributed by atoms with E-state index in [4.69, 9.17) is 0 Å². The number of piperazine rings is 1. The molecule has 0 bridgehead atoms. The minimum Gasteiger partial charge on any atom is -0.314 e. The molecule has 2 atom stereocenters. The molecule has 1 saturated heterocycles. The van der Waals surface area contributed by atoms with E-state index in [1.165, 1.54) is 25.9 Å². The minimum absolute atomic E-state index is 0.350. The molecule has 18 heavy (non-hydrogen) atoms. The van der Waals surface area contributed by atoms with Crippen molar-refractivity contribution < 1.29 is 0 Å². The number of nitrogens with one attached hydrogen (secondary N) is 1. The summed E-state index contributed by atoms with van der Waals surface area (Å²) in [7, 11) is 0. The fourth-order valence-electron chi connectivity index (χ4n) is 3.41. The lowest BCUT2D eigenvalue weighted by molar-refractivity contribution is 0.0624. The maximum absolute atomic E-state index is 3.54. The summed E-state index contributed by atoms with van der Waals surface area (Å²) in [6, 6.07) is 8.94. The van der Waals surface area contributed by atoms with Crippen LogP contribution in [-0.4, -0.2) is 36.6 Å². The average molecular weight is 244 g/mol. The van der Waals surface area contributed by atoms with Crippen LogP contribution >= 0.6 is 0 Å². The van der Waals surface area contributed by atoms with Crippen molar-refractivity contribution in [3.8, 4) is 0 Å². The minimum atomic E-state index is 0.350. The number of rotatable bonds is 3. The summed E-state index contributed by atoms with van der Waals surface area (Å²) in [4.78, 5) is 2.71. The molecule has 1 aromatic rings. The molecule has 0 spiro atoms. The van der Waals surface area contributed by atoms with Crippen molar-refractivity contribution >= 4 is 0 Å². The first-order valence-corrected chi connectivity index (χ1v) is 7.26. The van der Waals surface area contributed by atoms with Crippen molar-refractivity contribution in [3.05, 3.63) is 35.4 Å². The standard InChI is InChI=1S/C16H24N2/c1-3-16(2)12-17-8-9-18(16)11-14-10-13-6-4-5-7-15(13)14/h4-7,14,17H,3,8-12H2,1-2H3. The molecular weight excluding hydrogens is 220 g/mol. The zero-order valence-corrected chi connectivity index (χ0v) is 11.6. The van der Waals surface area contributed by atoms with Crippen LogP contribution in [0.5, 0.6) is 0 Å². The summed E-state index contributed by atoms with van der Waals surface area (Å²) in [6.07, 6.45) is 2.51. The maximum Gasteiger partial charge on any atom is 0.0303 e. The molecule has 0 aromatic heterocycles. The lowest BCUT2D eigenvalue weighted by Gasteiger charge is -2.47. The molecule has 1 fully saturated rings. The third-order valence-electron chi connectivity index (χ3n) is 4.99. The largest absolute Gasteiger partial charge is 0.314 e. The Balaban J connectivity index is 1.70. The summed E-state index contributed by atoms with van der Waals surface area (Å²) in [5.74, 6) is 0.769. The van der Waals surface area contributed by atoms with Gasteiger partial charge in [0.25, 0.3) is 0 Å². The van der Waals surface area contributed by atoms with E-state index in [2.05, 4.69) is 48.3 Å².